The number of nitrogens with zero attached hydrogens (tertiary/aromatic N) is 1. The van der Waals surface area contributed by atoms with E-state index in [0.717, 1.165) is 19.1 Å². The largest absolute Gasteiger partial charge is 0.316 e. The molecule has 1 aliphatic carbocycles. The maximum absolute atomic E-state index is 3.40. The lowest BCUT2D eigenvalue weighted by Crippen LogP contribution is -2.34. The molecule has 0 bridgehead atoms. The summed E-state index contributed by atoms with van der Waals surface area (Å²) >= 11 is 0. The number of nitrogens with one attached hydrogen (secondary N) is 1. The van der Waals surface area contributed by atoms with Gasteiger partial charge in [-0.2, -0.15) is 0 Å². The Morgan fingerprint density at radius 2 is 2.00 bits per heavy atom. The second-order valence-corrected chi connectivity index (χ2v) is 3.97. The summed E-state index contributed by atoms with van der Waals surface area (Å²) in [5.74, 6) is 0. The van der Waals surface area contributed by atoms with E-state index in [2.05, 4.69) is 24.1 Å². The van der Waals surface area contributed by atoms with Crippen molar-refractivity contribution in [3.63, 3.8) is 0 Å². The van der Waals surface area contributed by atoms with Crippen molar-refractivity contribution in [1.29, 1.82) is 0 Å². The summed E-state index contributed by atoms with van der Waals surface area (Å²) in [4.78, 5) is 2.66. The summed E-state index contributed by atoms with van der Waals surface area (Å²) in [6, 6.07) is 0.935. The number of hydrogen-bond acceptors (Lipinski definition) is 2. The maximum atomic E-state index is 3.40. The minimum atomic E-state index is 0.935. The first-order valence-electron chi connectivity index (χ1n) is 5.83. The molecule has 2 nitrogen and oxygen atoms in total. The highest BCUT2D eigenvalue weighted by Gasteiger charge is 2.27. The Kier molecular flexibility index (Phi) is 5.40. The number of likely N-dealkylation sites (N-methyl/N-ethyl adjacent to an activating group) is 1. The van der Waals surface area contributed by atoms with Crippen molar-refractivity contribution in [1.82, 2.24) is 10.2 Å². The average Bonchev–Trinajstić information content (AvgIpc) is 2.94. The molecule has 1 N–H and O–H groups in total. The van der Waals surface area contributed by atoms with Crippen LogP contribution >= 0.6 is 0 Å². The van der Waals surface area contributed by atoms with Crippen LogP contribution in [-0.2, 0) is 0 Å². The highest BCUT2D eigenvalue weighted by molar-refractivity contribution is 4.84. The molecular formula is C11H24N2. The Balaban J connectivity index is 2.06. The van der Waals surface area contributed by atoms with E-state index in [1.165, 1.54) is 38.8 Å². The van der Waals surface area contributed by atoms with Gasteiger partial charge in [-0.25, -0.2) is 0 Å². The van der Waals surface area contributed by atoms with Crippen molar-refractivity contribution in [2.24, 2.45) is 0 Å². The SMILES string of the molecule is CCCCN(CCNCC)C1CC1. The molecule has 0 aromatic rings. The third kappa shape index (κ3) is 4.63. The minimum absolute atomic E-state index is 0.935. The lowest BCUT2D eigenvalue weighted by atomic mass is 10.3. The monoisotopic (exact) mass is 184 g/mol. The number of rotatable bonds is 8. The van der Waals surface area contributed by atoms with Crippen molar-refractivity contribution in [2.75, 3.05) is 26.2 Å². The summed E-state index contributed by atoms with van der Waals surface area (Å²) in [6.07, 6.45) is 5.57. The molecular weight excluding hydrogens is 160 g/mol. The van der Waals surface area contributed by atoms with E-state index >= 15 is 0 Å². The lowest BCUT2D eigenvalue weighted by molar-refractivity contribution is 0.259. The van der Waals surface area contributed by atoms with Crippen LogP contribution in [-0.4, -0.2) is 37.1 Å². The van der Waals surface area contributed by atoms with Crippen LogP contribution in [0.1, 0.15) is 39.5 Å². The van der Waals surface area contributed by atoms with Crippen LogP contribution in [0.15, 0.2) is 0 Å². The van der Waals surface area contributed by atoms with Gasteiger partial charge in [0, 0.05) is 19.1 Å². The minimum Gasteiger partial charge on any atom is -0.316 e. The summed E-state index contributed by atoms with van der Waals surface area (Å²) in [6.45, 7) is 9.27. The zero-order valence-electron chi connectivity index (χ0n) is 9.18. The van der Waals surface area contributed by atoms with Gasteiger partial charge in [0.1, 0.15) is 0 Å². The predicted molar refractivity (Wildman–Crippen MR) is 58.0 cm³/mol. The number of hydrogen-bond donors (Lipinski definition) is 1. The van der Waals surface area contributed by atoms with Gasteiger partial charge in [0.05, 0.1) is 0 Å². The molecule has 2 heteroatoms. The van der Waals surface area contributed by atoms with E-state index in [-0.39, 0.29) is 0 Å². The Bertz CT molecular complexity index is 121. The molecule has 1 rings (SSSR count). The Morgan fingerprint density at radius 3 is 2.54 bits per heavy atom. The first-order valence-corrected chi connectivity index (χ1v) is 5.83. The first kappa shape index (κ1) is 11.0. The molecule has 0 unspecified atom stereocenters. The van der Waals surface area contributed by atoms with Gasteiger partial charge in [-0.3, -0.25) is 4.90 Å². The summed E-state index contributed by atoms with van der Waals surface area (Å²) in [5, 5.41) is 3.40. The smallest absolute Gasteiger partial charge is 0.0110 e. The predicted octanol–water partition coefficient (Wildman–Crippen LogP) is 1.86. The second-order valence-electron chi connectivity index (χ2n) is 3.97. The fourth-order valence-corrected chi connectivity index (χ4v) is 1.68. The van der Waals surface area contributed by atoms with Crippen LogP contribution < -0.4 is 5.32 Å². The van der Waals surface area contributed by atoms with Crippen LogP contribution in [0.5, 0.6) is 0 Å². The molecule has 0 radical (unpaired) electrons. The topological polar surface area (TPSA) is 15.3 Å². The zero-order chi connectivity index (χ0) is 9.52. The van der Waals surface area contributed by atoms with Gasteiger partial charge in [0.2, 0.25) is 0 Å². The van der Waals surface area contributed by atoms with Gasteiger partial charge in [0.25, 0.3) is 0 Å². The highest BCUT2D eigenvalue weighted by atomic mass is 15.2. The Morgan fingerprint density at radius 1 is 1.23 bits per heavy atom. The summed E-state index contributed by atoms with van der Waals surface area (Å²) in [5.41, 5.74) is 0. The normalized spacial score (nSPS) is 16.8. The van der Waals surface area contributed by atoms with Crippen molar-refractivity contribution >= 4 is 0 Å². The van der Waals surface area contributed by atoms with Gasteiger partial charge >= 0.3 is 0 Å². The van der Waals surface area contributed by atoms with E-state index < -0.39 is 0 Å². The molecule has 78 valence electrons. The highest BCUT2D eigenvalue weighted by Crippen LogP contribution is 2.26. The summed E-state index contributed by atoms with van der Waals surface area (Å²) in [7, 11) is 0. The van der Waals surface area contributed by atoms with Gasteiger partial charge in [-0.1, -0.05) is 20.3 Å². The third-order valence-electron chi connectivity index (χ3n) is 2.69. The quantitative estimate of drug-likeness (QED) is 0.579. The molecule has 0 saturated heterocycles. The molecule has 0 aromatic heterocycles. The van der Waals surface area contributed by atoms with Crippen LogP contribution in [0.25, 0.3) is 0 Å². The van der Waals surface area contributed by atoms with Crippen LogP contribution in [0.4, 0.5) is 0 Å². The van der Waals surface area contributed by atoms with E-state index in [0.29, 0.717) is 0 Å². The van der Waals surface area contributed by atoms with E-state index in [1.54, 1.807) is 0 Å². The molecule has 0 atom stereocenters. The third-order valence-corrected chi connectivity index (χ3v) is 2.69. The van der Waals surface area contributed by atoms with E-state index in [4.69, 9.17) is 0 Å². The van der Waals surface area contributed by atoms with E-state index in [1.807, 2.05) is 0 Å². The van der Waals surface area contributed by atoms with Crippen LogP contribution in [0, 0.1) is 0 Å². The summed E-state index contributed by atoms with van der Waals surface area (Å²) < 4.78 is 0. The molecule has 0 heterocycles. The van der Waals surface area contributed by atoms with E-state index in [9.17, 15) is 0 Å². The molecule has 13 heavy (non-hydrogen) atoms. The lowest BCUT2D eigenvalue weighted by Gasteiger charge is -2.21. The average molecular weight is 184 g/mol. The van der Waals surface area contributed by atoms with Crippen molar-refractivity contribution in [3.8, 4) is 0 Å². The second kappa shape index (κ2) is 6.39. The molecule has 1 aliphatic rings. The molecule has 1 saturated carbocycles. The zero-order valence-corrected chi connectivity index (χ0v) is 9.18. The fraction of sp³-hybridized carbons (Fsp3) is 1.00. The van der Waals surface area contributed by atoms with Gasteiger partial charge < -0.3 is 5.32 Å². The van der Waals surface area contributed by atoms with Crippen LogP contribution in [0.3, 0.4) is 0 Å². The fourth-order valence-electron chi connectivity index (χ4n) is 1.68. The molecule has 0 amide bonds. The Hall–Kier alpha value is -0.0800. The van der Waals surface area contributed by atoms with Gasteiger partial charge in [-0.15, -0.1) is 0 Å². The van der Waals surface area contributed by atoms with Crippen molar-refractivity contribution < 1.29 is 0 Å². The number of unbranched alkanes of at least 4 members (excludes halogenated alkanes) is 1. The first-order chi connectivity index (χ1) is 6.38. The molecule has 1 fully saturated rings. The van der Waals surface area contributed by atoms with Crippen molar-refractivity contribution in [2.45, 2.75) is 45.6 Å². The standard InChI is InChI=1S/C11H24N2/c1-3-5-9-13(11-6-7-11)10-8-12-4-2/h11-12H,3-10H2,1-2H3. The maximum Gasteiger partial charge on any atom is 0.0110 e. The molecule has 0 aliphatic heterocycles. The molecule has 0 aromatic carbocycles. The van der Waals surface area contributed by atoms with Gasteiger partial charge in [-0.05, 0) is 32.4 Å². The van der Waals surface area contributed by atoms with Gasteiger partial charge in [0.15, 0.2) is 0 Å². The van der Waals surface area contributed by atoms with Crippen molar-refractivity contribution in [3.05, 3.63) is 0 Å². The Labute approximate surface area is 82.7 Å². The molecule has 0 spiro atoms. The van der Waals surface area contributed by atoms with Crippen LogP contribution in [0.2, 0.25) is 0 Å².